The fraction of sp³-hybridized carbons (Fsp3) is 0.571. The van der Waals surface area contributed by atoms with Crippen molar-refractivity contribution in [1.82, 2.24) is 0 Å². The van der Waals surface area contributed by atoms with Crippen LogP contribution in [0.2, 0.25) is 0 Å². The second-order valence-corrected chi connectivity index (χ2v) is 4.32. The molecule has 0 spiro atoms. The summed E-state index contributed by atoms with van der Waals surface area (Å²) in [5, 5.41) is 0. The number of rotatable bonds is 6. The topological polar surface area (TPSA) is 35.2 Å². The Morgan fingerprint density at radius 3 is 2.59 bits per heavy atom. The van der Waals surface area contributed by atoms with Gasteiger partial charge in [-0.15, -0.1) is 0 Å². The van der Waals surface area contributed by atoms with Crippen LogP contribution in [0.25, 0.3) is 0 Å². The van der Waals surface area contributed by atoms with Gasteiger partial charge in [0.1, 0.15) is 5.82 Å². The molecule has 1 rings (SSSR count). The first-order valence-electron chi connectivity index (χ1n) is 6.23. The molecule has 0 aromatic heterocycles. The van der Waals surface area contributed by atoms with E-state index in [-0.39, 0.29) is 18.0 Å². The predicted octanol–water partition coefficient (Wildman–Crippen LogP) is 3.34. The highest BCUT2D eigenvalue weighted by atomic mass is 19.1. The Bertz CT molecular complexity index is 348. The van der Waals surface area contributed by atoms with Gasteiger partial charge in [0, 0.05) is 6.61 Å². The molecule has 17 heavy (non-hydrogen) atoms. The van der Waals surface area contributed by atoms with Gasteiger partial charge < -0.3 is 10.5 Å². The Balaban J connectivity index is 2.84. The van der Waals surface area contributed by atoms with E-state index in [1.54, 1.807) is 13.0 Å². The predicted molar refractivity (Wildman–Crippen MR) is 68.4 cm³/mol. The molecule has 2 unspecified atom stereocenters. The molecule has 0 heterocycles. The van der Waals surface area contributed by atoms with Crippen LogP contribution in [-0.2, 0) is 4.74 Å². The van der Waals surface area contributed by atoms with E-state index < -0.39 is 0 Å². The summed E-state index contributed by atoms with van der Waals surface area (Å²) >= 11 is 0. The molecule has 0 radical (unpaired) electrons. The molecule has 2 nitrogen and oxygen atoms in total. The largest absolute Gasteiger partial charge is 0.377 e. The van der Waals surface area contributed by atoms with Crippen LogP contribution in [-0.4, -0.2) is 12.7 Å². The second-order valence-electron chi connectivity index (χ2n) is 4.32. The van der Waals surface area contributed by atoms with Crippen LogP contribution < -0.4 is 5.73 Å². The molecule has 2 atom stereocenters. The van der Waals surface area contributed by atoms with Crippen LogP contribution in [0.4, 0.5) is 4.39 Å². The maximum Gasteiger partial charge on any atom is 0.126 e. The first kappa shape index (κ1) is 14.1. The minimum Gasteiger partial charge on any atom is -0.377 e. The van der Waals surface area contributed by atoms with Gasteiger partial charge in [0.15, 0.2) is 0 Å². The molecule has 1 aromatic carbocycles. The van der Waals surface area contributed by atoms with Gasteiger partial charge in [0.25, 0.3) is 0 Å². The Labute approximate surface area is 103 Å². The number of aryl methyl sites for hydroxylation is 1. The van der Waals surface area contributed by atoms with Crippen LogP contribution in [0.3, 0.4) is 0 Å². The van der Waals surface area contributed by atoms with Crippen LogP contribution in [0, 0.1) is 12.7 Å². The highest BCUT2D eigenvalue weighted by molar-refractivity contribution is 5.27. The minimum absolute atomic E-state index is 0.00913. The summed E-state index contributed by atoms with van der Waals surface area (Å²) in [6, 6.07) is 4.84. The van der Waals surface area contributed by atoms with Crippen molar-refractivity contribution in [3.8, 4) is 0 Å². The first-order valence-corrected chi connectivity index (χ1v) is 6.23. The van der Waals surface area contributed by atoms with E-state index in [0.717, 1.165) is 18.4 Å². The summed E-state index contributed by atoms with van der Waals surface area (Å²) in [7, 11) is 0. The van der Waals surface area contributed by atoms with Crippen LogP contribution in [0.5, 0.6) is 0 Å². The van der Waals surface area contributed by atoms with E-state index in [1.807, 2.05) is 13.0 Å². The third kappa shape index (κ3) is 3.79. The Morgan fingerprint density at radius 2 is 2.06 bits per heavy atom. The second kappa shape index (κ2) is 6.72. The molecule has 3 heteroatoms. The Hall–Kier alpha value is -0.930. The van der Waals surface area contributed by atoms with Crippen molar-refractivity contribution in [2.24, 2.45) is 5.73 Å². The maximum atomic E-state index is 13.2. The third-order valence-corrected chi connectivity index (χ3v) is 2.92. The van der Waals surface area contributed by atoms with E-state index in [1.165, 1.54) is 6.07 Å². The van der Waals surface area contributed by atoms with Gasteiger partial charge in [-0.3, -0.25) is 0 Å². The Morgan fingerprint density at radius 1 is 1.35 bits per heavy atom. The highest BCUT2D eigenvalue weighted by Crippen LogP contribution is 2.22. The number of benzene rings is 1. The lowest BCUT2D eigenvalue weighted by molar-refractivity contribution is 0.0374. The molecule has 2 N–H and O–H groups in total. The molecule has 0 aliphatic heterocycles. The van der Waals surface area contributed by atoms with Crippen molar-refractivity contribution in [3.05, 3.63) is 35.1 Å². The molecule has 0 aliphatic carbocycles. The maximum absolute atomic E-state index is 13.2. The standard InChI is InChI=1S/C14H22FNO/c1-4-6-13(17-5-2)14(16)11-7-8-12(15)10(3)9-11/h7-9,13-14H,4-6,16H2,1-3H3. The zero-order valence-corrected chi connectivity index (χ0v) is 10.9. The van der Waals surface area contributed by atoms with E-state index in [2.05, 4.69) is 6.92 Å². The quantitative estimate of drug-likeness (QED) is 0.826. The van der Waals surface area contributed by atoms with Gasteiger partial charge in [0.05, 0.1) is 12.1 Å². The van der Waals surface area contributed by atoms with Gasteiger partial charge in [-0.1, -0.05) is 25.5 Å². The average Bonchev–Trinajstić information content (AvgIpc) is 2.31. The van der Waals surface area contributed by atoms with Crippen molar-refractivity contribution in [2.75, 3.05) is 6.61 Å². The number of ether oxygens (including phenoxy) is 1. The van der Waals surface area contributed by atoms with Crippen LogP contribution >= 0.6 is 0 Å². The van der Waals surface area contributed by atoms with Gasteiger partial charge in [-0.2, -0.15) is 0 Å². The molecular formula is C14H22FNO. The lowest BCUT2D eigenvalue weighted by Gasteiger charge is -2.24. The lowest BCUT2D eigenvalue weighted by atomic mass is 9.97. The fourth-order valence-electron chi connectivity index (χ4n) is 1.96. The zero-order valence-electron chi connectivity index (χ0n) is 10.9. The van der Waals surface area contributed by atoms with Gasteiger partial charge in [-0.05, 0) is 37.5 Å². The summed E-state index contributed by atoms with van der Waals surface area (Å²) < 4.78 is 18.8. The molecule has 96 valence electrons. The van der Waals surface area contributed by atoms with E-state index >= 15 is 0 Å². The van der Waals surface area contributed by atoms with E-state index in [0.29, 0.717) is 12.2 Å². The highest BCUT2D eigenvalue weighted by Gasteiger charge is 2.19. The molecule has 1 aromatic rings. The molecule has 0 aliphatic rings. The summed E-state index contributed by atoms with van der Waals surface area (Å²) in [6.07, 6.45) is 1.96. The number of hydrogen-bond acceptors (Lipinski definition) is 2. The van der Waals surface area contributed by atoms with Gasteiger partial charge in [-0.25, -0.2) is 4.39 Å². The monoisotopic (exact) mass is 239 g/mol. The fourth-order valence-corrected chi connectivity index (χ4v) is 1.96. The normalized spacial score (nSPS) is 14.6. The first-order chi connectivity index (χ1) is 8.10. The summed E-state index contributed by atoms with van der Waals surface area (Å²) in [5.74, 6) is -0.190. The summed E-state index contributed by atoms with van der Waals surface area (Å²) in [4.78, 5) is 0. The van der Waals surface area contributed by atoms with Crippen LogP contribution in [0.15, 0.2) is 18.2 Å². The lowest BCUT2D eigenvalue weighted by Crippen LogP contribution is -2.29. The van der Waals surface area contributed by atoms with Crippen molar-refractivity contribution >= 4 is 0 Å². The van der Waals surface area contributed by atoms with Crippen molar-refractivity contribution in [2.45, 2.75) is 45.8 Å². The smallest absolute Gasteiger partial charge is 0.126 e. The van der Waals surface area contributed by atoms with Crippen LogP contribution in [0.1, 0.15) is 43.9 Å². The van der Waals surface area contributed by atoms with Crippen molar-refractivity contribution in [3.63, 3.8) is 0 Å². The molecule has 0 saturated carbocycles. The molecule has 0 fully saturated rings. The third-order valence-electron chi connectivity index (χ3n) is 2.92. The SMILES string of the molecule is CCCC(OCC)C(N)c1ccc(F)c(C)c1. The van der Waals surface area contributed by atoms with E-state index in [9.17, 15) is 4.39 Å². The number of nitrogens with two attached hydrogens (primary N) is 1. The Kier molecular flexibility index (Phi) is 5.59. The van der Waals surface area contributed by atoms with Gasteiger partial charge >= 0.3 is 0 Å². The number of halogens is 1. The molecule has 0 saturated heterocycles. The average molecular weight is 239 g/mol. The number of hydrogen-bond donors (Lipinski definition) is 1. The molecule has 0 amide bonds. The molecular weight excluding hydrogens is 217 g/mol. The summed E-state index contributed by atoms with van der Waals surface area (Å²) in [5.41, 5.74) is 7.75. The van der Waals surface area contributed by atoms with Crippen molar-refractivity contribution in [1.29, 1.82) is 0 Å². The zero-order chi connectivity index (χ0) is 12.8. The minimum atomic E-state index is -0.190. The van der Waals surface area contributed by atoms with E-state index in [4.69, 9.17) is 10.5 Å². The van der Waals surface area contributed by atoms with Crippen molar-refractivity contribution < 1.29 is 9.13 Å². The summed E-state index contributed by atoms with van der Waals surface area (Å²) in [6.45, 7) is 6.47. The van der Waals surface area contributed by atoms with Gasteiger partial charge in [0.2, 0.25) is 0 Å². The molecule has 0 bridgehead atoms.